The maximum absolute atomic E-state index is 12.0. The lowest BCUT2D eigenvalue weighted by Gasteiger charge is -2.44. The fraction of sp³-hybridized carbons (Fsp3) is 0.706. The fourth-order valence-electron chi connectivity index (χ4n) is 4.01. The lowest BCUT2D eigenvalue weighted by Crippen LogP contribution is -2.47. The Kier molecular flexibility index (Phi) is 4.90. The van der Waals surface area contributed by atoms with E-state index in [1.54, 1.807) is 11.3 Å². The second-order valence-electron chi connectivity index (χ2n) is 6.29. The van der Waals surface area contributed by atoms with Gasteiger partial charge in [-0.2, -0.15) is 0 Å². The number of carbonyl (C=O) groups excluding carboxylic acids is 1. The molecular weight excluding hydrogens is 266 g/mol. The number of fused-ring (bicyclic) bond motifs is 1. The van der Waals surface area contributed by atoms with Gasteiger partial charge in [0.1, 0.15) is 0 Å². The van der Waals surface area contributed by atoms with Crippen molar-refractivity contribution in [3.05, 3.63) is 22.4 Å². The minimum absolute atomic E-state index is 0.331. The summed E-state index contributed by atoms with van der Waals surface area (Å²) in [6.07, 6.45) is 10.2. The molecule has 0 radical (unpaired) electrons. The van der Waals surface area contributed by atoms with Crippen LogP contribution in [0.15, 0.2) is 17.5 Å². The molecule has 2 unspecified atom stereocenters. The van der Waals surface area contributed by atoms with Gasteiger partial charge in [0, 0.05) is 12.5 Å². The van der Waals surface area contributed by atoms with E-state index >= 15 is 0 Å². The van der Waals surface area contributed by atoms with Crippen molar-refractivity contribution < 1.29 is 4.79 Å². The number of likely N-dealkylation sites (tertiary alicyclic amines) is 1. The van der Waals surface area contributed by atoms with Crippen molar-refractivity contribution in [3.8, 4) is 0 Å². The highest BCUT2D eigenvalue weighted by atomic mass is 32.1. The normalized spacial score (nSPS) is 27.2. The van der Waals surface area contributed by atoms with E-state index in [-0.39, 0.29) is 0 Å². The molecule has 1 aliphatic heterocycles. The molecule has 2 aliphatic rings. The molecule has 0 N–H and O–H groups in total. The maximum Gasteiger partial charge on any atom is 0.172 e. The van der Waals surface area contributed by atoms with Crippen LogP contribution in [0.3, 0.4) is 0 Å². The molecule has 2 heterocycles. The number of ketones is 1. The van der Waals surface area contributed by atoms with Gasteiger partial charge in [-0.05, 0) is 62.6 Å². The largest absolute Gasteiger partial charge is 0.300 e. The van der Waals surface area contributed by atoms with Crippen molar-refractivity contribution >= 4 is 17.1 Å². The molecule has 20 heavy (non-hydrogen) atoms. The summed E-state index contributed by atoms with van der Waals surface area (Å²) in [6, 6.07) is 4.74. The molecule has 2 fully saturated rings. The average molecular weight is 291 g/mol. The Hall–Kier alpha value is -0.670. The van der Waals surface area contributed by atoms with Crippen molar-refractivity contribution in [1.29, 1.82) is 0 Å². The summed E-state index contributed by atoms with van der Waals surface area (Å²) in [5, 5.41) is 1.99. The molecular formula is C17H25NOS. The van der Waals surface area contributed by atoms with E-state index < -0.39 is 0 Å². The van der Waals surface area contributed by atoms with Gasteiger partial charge < -0.3 is 4.90 Å². The lowest BCUT2D eigenvalue weighted by molar-refractivity contribution is 0.0589. The third-order valence-electron chi connectivity index (χ3n) is 5.00. The second-order valence-corrected chi connectivity index (χ2v) is 7.24. The van der Waals surface area contributed by atoms with Crippen LogP contribution < -0.4 is 0 Å². The zero-order chi connectivity index (χ0) is 13.8. The highest BCUT2D eigenvalue weighted by Gasteiger charge is 2.32. The van der Waals surface area contributed by atoms with Crippen LogP contribution >= 0.6 is 11.3 Å². The number of rotatable bonds is 5. The molecule has 1 aromatic heterocycles. The van der Waals surface area contributed by atoms with E-state index in [4.69, 9.17) is 0 Å². The molecule has 3 heteroatoms. The zero-order valence-corrected chi connectivity index (χ0v) is 13.0. The molecule has 1 aliphatic carbocycles. The van der Waals surface area contributed by atoms with Crippen molar-refractivity contribution in [1.82, 2.24) is 4.90 Å². The Bertz CT molecular complexity index is 426. The molecule has 0 aromatic carbocycles. The van der Waals surface area contributed by atoms with Crippen LogP contribution in [0.2, 0.25) is 0 Å². The molecule has 110 valence electrons. The quantitative estimate of drug-likeness (QED) is 0.751. The van der Waals surface area contributed by atoms with Crippen molar-refractivity contribution in [2.75, 3.05) is 13.1 Å². The van der Waals surface area contributed by atoms with Crippen LogP contribution in [0.25, 0.3) is 0 Å². The van der Waals surface area contributed by atoms with Crippen LogP contribution in [0.1, 0.15) is 61.0 Å². The fourth-order valence-corrected chi connectivity index (χ4v) is 4.70. The predicted octanol–water partition coefficient (Wildman–Crippen LogP) is 4.37. The molecule has 1 saturated heterocycles. The predicted molar refractivity (Wildman–Crippen MR) is 84.4 cm³/mol. The Morgan fingerprint density at radius 1 is 1.25 bits per heavy atom. The molecule has 1 aromatic rings. The van der Waals surface area contributed by atoms with Gasteiger partial charge in [-0.3, -0.25) is 4.79 Å². The van der Waals surface area contributed by atoms with E-state index in [0.29, 0.717) is 12.2 Å². The van der Waals surface area contributed by atoms with Gasteiger partial charge in [0.15, 0.2) is 5.78 Å². The topological polar surface area (TPSA) is 20.3 Å². The monoisotopic (exact) mass is 291 g/mol. The van der Waals surface area contributed by atoms with E-state index in [9.17, 15) is 4.79 Å². The average Bonchev–Trinajstić information content (AvgIpc) is 3.02. The van der Waals surface area contributed by atoms with Crippen molar-refractivity contribution in [3.63, 3.8) is 0 Å². The van der Waals surface area contributed by atoms with E-state index in [2.05, 4.69) is 4.90 Å². The van der Waals surface area contributed by atoms with Gasteiger partial charge in [0.05, 0.1) is 4.88 Å². The molecule has 2 nitrogen and oxygen atoms in total. The first-order chi connectivity index (χ1) is 9.84. The maximum atomic E-state index is 12.0. The standard InChI is InChI=1S/C17H25NOS/c19-16(17-10-5-13-20-17)9-4-12-18-11-3-7-14-6-1-2-8-15(14)18/h5,10,13-15H,1-4,6-9,11-12H2. The number of hydrogen-bond donors (Lipinski definition) is 0. The summed E-state index contributed by atoms with van der Waals surface area (Å²) >= 11 is 1.57. The van der Waals surface area contributed by atoms with Crippen molar-refractivity contribution in [2.24, 2.45) is 5.92 Å². The van der Waals surface area contributed by atoms with Gasteiger partial charge in [-0.25, -0.2) is 0 Å². The van der Waals surface area contributed by atoms with Crippen LogP contribution in [-0.2, 0) is 0 Å². The van der Waals surface area contributed by atoms with Crippen LogP contribution in [-0.4, -0.2) is 29.8 Å². The summed E-state index contributed by atoms with van der Waals surface area (Å²) < 4.78 is 0. The minimum Gasteiger partial charge on any atom is -0.300 e. The number of piperidine rings is 1. The molecule has 1 saturated carbocycles. The molecule has 0 bridgehead atoms. The van der Waals surface area contributed by atoms with Crippen molar-refractivity contribution in [2.45, 2.75) is 57.4 Å². The molecule has 0 spiro atoms. The second kappa shape index (κ2) is 6.86. The van der Waals surface area contributed by atoms with E-state index in [0.717, 1.165) is 29.8 Å². The minimum atomic E-state index is 0.331. The van der Waals surface area contributed by atoms with E-state index in [1.165, 1.54) is 45.1 Å². The summed E-state index contributed by atoms with van der Waals surface area (Å²) in [7, 11) is 0. The van der Waals surface area contributed by atoms with Gasteiger partial charge in [0.25, 0.3) is 0 Å². The Morgan fingerprint density at radius 2 is 2.10 bits per heavy atom. The van der Waals surface area contributed by atoms with Gasteiger partial charge in [0.2, 0.25) is 0 Å². The van der Waals surface area contributed by atoms with Crippen LogP contribution in [0.4, 0.5) is 0 Å². The first kappa shape index (κ1) is 14.3. The van der Waals surface area contributed by atoms with Crippen LogP contribution in [0.5, 0.6) is 0 Å². The first-order valence-corrected chi connectivity index (χ1v) is 9.03. The molecule has 3 rings (SSSR count). The Balaban J connectivity index is 1.46. The van der Waals surface area contributed by atoms with Gasteiger partial charge in [-0.1, -0.05) is 18.9 Å². The van der Waals surface area contributed by atoms with Crippen LogP contribution in [0, 0.1) is 5.92 Å². The SMILES string of the molecule is O=C(CCCN1CCCC2CCCCC21)c1cccs1. The molecule has 0 amide bonds. The summed E-state index contributed by atoms with van der Waals surface area (Å²) in [5.74, 6) is 1.28. The van der Waals surface area contributed by atoms with E-state index in [1.807, 2.05) is 17.5 Å². The lowest BCUT2D eigenvalue weighted by atomic mass is 9.78. The number of carbonyl (C=O) groups is 1. The third kappa shape index (κ3) is 3.32. The number of thiophene rings is 1. The number of nitrogens with zero attached hydrogens (tertiary/aromatic N) is 1. The highest BCUT2D eigenvalue weighted by Crippen LogP contribution is 2.35. The first-order valence-electron chi connectivity index (χ1n) is 8.15. The summed E-state index contributed by atoms with van der Waals surface area (Å²) in [6.45, 7) is 2.38. The summed E-state index contributed by atoms with van der Waals surface area (Å²) in [5.41, 5.74) is 0. The third-order valence-corrected chi connectivity index (χ3v) is 5.91. The Morgan fingerprint density at radius 3 is 2.95 bits per heavy atom. The zero-order valence-electron chi connectivity index (χ0n) is 12.2. The highest BCUT2D eigenvalue weighted by molar-refractivity contribution is 7.12. The summed E-state index contributed by atoms with van der Waals surface area (Å²) in [4.78, 5) is 15.6. The number of Topliss-reactive ketones (excluding diaryl/α,β-unsaturated/α-hetero) is 1. The van der Waals surface area contributed by atoms with Gasteiger partial charge in [-0.15, -0.1) is 11.3 Å². The smallest absolute Gasteiger partial charge is 0.172 e. The number of hydrogen-bond acceptors (Lipinski definition) is 3. The van der Waals surface area contributed by atoms with Gasteiger partial charge >= 0.3 is 0 Å². The Labute approximate surface area is 126 Å². The molecule has 2 atom stereocenters.